The fraction of sp³-hybridized carbons (Fsp3) is 0.810. The zero-order valence-electron chi connectivity index (χ0n) is 36.1. The first-order chi connectivity index (χ1) is 27.2. The highest BCUT2D eigenvalue weighted by molar-refractivity contribution is 5.72. The number of allylic oxidation sites excluding steroid dienone is 2. The zero-order valence-corrected chi connectivity index (χ0v) is 36.1. The monoisotopic (exact) mass is 827 g/mol. The molecular weight excluding hydrogens is 758 g/mol. The van der Waals surface area contributed by atoms with Crippen molar-refractivity contribution in [1.82, 2.24) is 4.90 Å². The second kappa shape index (κ2) is 22.7. The fourth-order valence-corrected chi connectivity index (χ4v) is 8.08. The highest BCUT2D eigenvalue weighted by atomic mass is 16.7. The van der Waals surface area contributed by atoms with Crippen molar-refractivity contribution in [3.8, 4) is 0 Å². The molecule has 0 amide bonds. The second-order valence-corrected chi connectivity index (χ2v) is 17.0. The molecule has 3 aliphatic heterocycles. The number of nitrogens with zero attached hydrogens (tertiary/aromatic N) is 1. The average molecular weight is 828 g/mol. The van der Waals surface area contributed by atoms with Crippen LogP contribution < -0.4 is 0 Å². The number of aliphatic hydroxyl groups excluding tert-OH is 2. The van der Waals surface area contributed by atoms with Crippen LogP contribution in [0.4, 0.5) is 0 Å². The van der Waals surface area contributed by atoms with E-state index in [1.54, 1.807) is 71.0 Å². The third-order valence-corrected chi connectivity index (χ3v) is 10.9. The summed E-state index contributed by atoms with van der Waals surface area (Å²) in [6.45, 7) is 13.5. The van der Waals surface area contributed by atoms with Gasteiger partial charge in [0.1, 0.15) is 42.4 Å². The lowest BCUT2D eigenvalue weighted by atomic mass is 9.82. The average Bonchev–Trinajstić information content (AvgIpc) is 3.09. The summed E-state index contributed by atoms with van der Waals surface area (Å²) in [5.41, 5.74) is -1.50. The second-order valence-electron chi connectivity index (χ2n) is 17.0. The number of rotatable bonds is 12. The van der Waals surface area contributed by atoms with Crippen LogP contribution in [0.1, 0.15) is 93.9 Å². The van der Waals surface area contributed by atoms with Gasteiger partial charge in [-0.3, -0.25) is 14.4 Å². The topological polar surface area (TPSA) is 206 Å². The van der Waals surface area contributed by atoms with E-state index >= 15 is 0 Å². The van der Waals surface area contributed by atoms with Gasteiger partial charge < -0.3 is 62.9 Å². The Morgan fingerprint density at radius 1 is 1.02 bits per heavy atom. The summed E-state index contributed by atoms with van der Waals surface area (Å²) in [4.78, 5) is 52.3. The Morgan fingerprint density at radius 3 is 2.29 bits per heavy atom. The van der Waals surface area contributed by atoms with E-state index in [-0.39, 0.29) is 31.6 Å². The molecule has 16 atom stereocenters. The molecule has 3 aliphatic rings. The van der Waals surface area contributed by atoms with Gasteiger partial charge in [0.15, 0.2) is 18.7 Å². The molecule has 2 unspecified atom stereocenters. The van der Waals surface area contributed by atoms with Crippen LogP contribution in [0, 0.1) is 17.8 Å². The van der Waals surface area contributed by atoms with Crippen molar-refractivity contribution in [3.05, 3.63) is 24.3 Å². The van der Waals surface area contributed by atoms with E-state index in [4.69, 9.17) is 37.9 Å². The molecule has 0 aliphatic carbocycles. The smallest absolute Gasteiger partial charge is 0.309 e. The summed E-state index contributed by atoms with van der Waals surface area (Å²) >= 11 is 0. The number of carbonyl (C=O) groups excluding carboxylic acids is 4. The SMILES string of the molecule is CO[C@H]1C(OC(C)=O)CC(=O)O[C@H](C)C/C=C/C=C/[C@H](O)[C@H](C)CC(CC=O)[C@@H]1O[C@@H]1O[C@H](C)[C@@H](O[C@H]2C[C@@](C)(O)[C@@H](OC(=O)CC(C)C)[C@H](C)O2)[C@H](N(C)C)[C@H]1O. The number of methoxy groups -OCH3 is 1. The van der Waals surface area contributed by atoms with Crippen LogP contribution in [0.3, 0.4) is 0 Å². The molecular formula is C42H69NO15. The molecule has 16 nitrogen and oxygen atoms in total. The molecule has 332 valence electrons. The van der Waals surface area contributed by atoms with Gasteiger partial charge in [-0.15, -0.1) is 0 Å². The molecule has 3 N–H and O–H groups in total. The first-order valence-corrected chi connectivity index (χ1v) is 20.4. The van der Waals surface area contributed by atoms with Crippen LogP contribution in [-0.4, -0.2) is 151 Å². The standard InChI is InChI=1S/C42H69NO15/c1-23(2)19-32(47)56-40-27(6)53-34(22-42(40,8)50)57-37-26(5)54-41(36(49)35(37)43(9)10)58-38-29(17-18-44)20-24(3)30(46)16-14-12-13-15-25(4)52-33(48)21-31(39(38)51-11)55-28(7)45/h12-14,16,18,23-27,29-31,34-41,46,49-50H,15,17,19-22H2,1-11H3/b13-12+,16-14+/t24-,25-,26-,27+,29?,30+,31?,34+,35-,36-,37-,38+,39+,40+,41+,42-/m1/s1. The Balaban J connectivity index is 1.98. The van der Waals surface area contributed by atoms with Crippen molar-refractivity contribution in [2.24, 2.45) is 17.8 Å². The summed E-state index contributed by atoms with van der Waals surface area (Å²) in [5, 5.41) is 34.6. The zero-order chi connectivity index (χ0) is 43.5. The van der Waals surface area contributed by atoms with E-state index < -0.39 is 121 Å². The summed E-state index contributed by atoms with van der Waals surface area (Å²) in [5.74, 6) is -2.82. The molecule has 0 aromatic heterocycles. The fourth-order valence-electron chi connectivity index (χ4n) is 8.08. The number of carbonyl (C=O) groups is 4. The van der Waals surface area contributed by atoms with Crippen LogP contribution in [-0.2, 0) is 57.1 Å². The third-order valence-electron chi connectivity index (χ3n) is 10.9. The first kappa shape index (κ1) is 49.6. The molecule has 2 saturated heterocycles. The quantitative estimate of drug-likeness (QED) is 0.147. The highest BCUT2D eigenvalue weighted by Crippen LogP contribution is 2.38. The van der Waals surface area contributed by atoms with Crippen LogP contribution in [0.2, 0.25) is 0 Å². The van der Waals surface area contributed by atoms with Gasteiger partial charge in [-0.1, -0.05) is 45.1 Å². The van der Waals surface area contributed by atoms with E-state index in [9.17, 15) is 34.5 Å². The van der Waals surface area contributed by atoms with Crippen LogP contribution in [0.5, 0.6) is 0 Å². The van der Waals surface area contributed by atoms with Gasteiger partial charge in [0, 0.05) is 39.7 Å². The molecule has 0 bridgehead atoms. The number of aliphatic hydroxyl groups is 3. The number of hydrogen-bond donors (Lipinski definition) is 3. The lowest BCUT2D eigenvalue weighted by Gasteiger charge is -2.50. The normalized spacial score (nSPS) is 40.7. The maximum absolute atomic E-state index is 13.2. The Labute approximate surface area is 343 Å². The maximum Gasteiger partial charge on any atom is 0.309 e. The number of likely N-dealkylation sites (N-methyl/N-ethyl adjacent to an activating group) is 1. The lowest BCUT2D eigenvalue weighted by molar-refractivity contribution is -0.344. The number of ether oxygens (including phenoxy) is 8. The van der Waals surface area contributed by atoms with Gasteiger partial charge in [0.25, 0.3) is 0 Å². The van der Waals surface area contributed by atoms with Gasteiger partial charge in [0.05, 0.1) is 36.9 Å². The van der Waals surface area contributed by atoms with Crippen molar-refractivity contribution in [1.29, 1.82) is 0 Å². The van der Waals surface area contributed by atoms with Gasteiger partial charge in [-0.25, -0.2) is 0 Å². The third kappa shape index (κ3) is 14.2. The summed E-state index contributed by atoms with van der Waals surface area (Å²) in [6, 6.07) is -0.782. The lowest BCUT2D eigenvalue weighted by Crippen LogP contribution is -2.66. The predicted octanol–water partition coefficient (Wildman–Crippen LogP) is 3.01. The van der Waals surface area contributed by atoms with E-state index in [0.717, 1.165) is 0 Å². The largest absolute Gasteiger partial charge is 0.462 e. The van der Waals surface area contributed by atoms with E-state index in [1.165, 1.54) is 14.0 Å². The van der Waals surface area contributed by atoms with Crippen molar-refractivity contribution in [2.75, 3.05) is 21.2 Å². The molecule has 16 heteroatoms. The number of hydrogen-bond acceptors (Lipinski definition) is 16. The van der Waals surface area contributed by atoms with E-state index in [0.29, 0.717) is 12.7 Å². The molecule has 0 radical (unpaired) electrons. The minimum absolute atomic E-state index is 0.0460. The molecule has 0 saturated carbocycles. The molecule has 0 aromatic rings. The molecule has 3 heterocycles. The first-order valence-electron chi connectivity index (χ1n) is 20.4. The Morgan fingerprint density at radius 2 is 1.71 bits per heavy atom. The van der Waals surface area contributed by atoms with Crippen LogP contribution >= 0.6 is 0 Å². The van der Waals surface area contributed by atoms with Gasteiger partial charge in [-0.05, 0) is 66.0 Å². The molecule has 0 aromatic carbocycles. The molecule has 2 fully saturated rings. The van der Waals surface area contributed by atoms with Gasteiger partial charge in [0.2, 0.25) is 0 Å². The predicted molar refractivity (Wildman–Crippen MR) is 210 cm³/mol. The van der Waals surface area contributed by atoms with Crippen molar-refractivity contribution in [3.63, 3.8) is 0 Å². The van der Waals surface area contributed by atoms with Crippen LogP contribution in [0.15, 0.2) is 24.3 Å². The summed E-state index contributed by atoms with van der Waals surface area (Å²) < 4.78 is 48.6. The van der Waals surface area contributed by atoms with Crippen molar-refractivity contribution >= 4 is 24.2 Å². The van der Waals surface area contributed by atoms with Gasteiger partial charge in [-0.2, -0.15) is 0 Å². The minimum Gasteiger partial charge on any atom is -0.462 e. The summed E-state index contributed by atoms with van der Waals surface area (Å²) in [7, 11) is 4.86. The van der Waals surface area contributed by atoms with Crippen LogP contribution in [0.25, 0.3) is 0 Å². The maximum atomic E-state index is 13.2. The number of aldehydes is 1. The highest BCUT2D eigenvalue weighted by Gasteiger charge is 2.53. The van der Waals surface area contributed by atoms with E-state index in [1.807, 2.05) is 20.8 Å². The Bertz CT molecular complexity index is 1390. The molecule has 3 rings (SSSR count). The summed E-state index contributed by atoms with van der Waals surface area (Å²) in [6.07, 6.45) is -4.11. The number of cyclic esters (lactones) is 1. The Hall–Kier alpha value is -2.80. The van der Waals surface area contributed by atoms with Crippen molar-refractivity contribution in [2.45, 2.75) is 179 Å². The van der Waals surface area contributed by atoms with Crippen molar-refractivity contribution < 1.29 is 72.4 Å². The molecule has 0 spiro atoms. The van der Waals surface area contributed by atoms with Gasteiger partial charge >= 0.3 is 17.9 Å². The number of esters is 3. The van der Waals surface area contributed by atoms with E-state index in [2.05, 4.69) is 0 Å². The minimum atomic E-state index is -1.50. The Kier molecular flexibility index (Phi) is 19.4. The molecule has 58 heavy (non-hydrogen) atoms.